The Labute approximate surface area is 169 Å². The SMILES string of the molecule is COc1ccc(C=C2SC(=S)N(c3ccc(F)cc3)C2=O)c(C(=O)O)c1OC. The van der Waals surface area contributed by atoms with Crippen molar-refractivity contribution >= 4 is 51.9 Å². The number of methoxy groups -OCH3 is 2. The number of rotatable bonds is 5. The van der Waals surface area contributed by atoms with Gasteiger partial charge in [-0.15, -0.1) is 0 Å². The Morgan fingerprint density at radius 1 is 1.18 bits per heavy atom. The maximum atomic E-state index is 13.2. The molecule has 9 heteroatoms. The third-order valence-corrected chi connectivity index (χ3v) is 5.26. The molecule has 1 amide bonds. The second-order valence-corrected chi connectivity index (χ2v) is 7.24. The highest BCUT2D eigenvalue weighted by atomic mass is 32.2. The highest BCUT2D eigenvalue weighted by Gasteiger charge is 2.34. The van der Waals surface area contributed by atoms with Crippen LogP contribution in [0, 0.1) is 5.82 Å². The number of hydrogen-bond donors (Lipinski definition) is 1. The zero-order valence-corrected chi connectivity index (χ0v) is 16.4. The van der Waals surface area contributed by atoms with E-state index < -0.39 is 17.7 Å². The summed E-state index contributed by atoms with van der Waals surface area (Å²) in [6.45, 7) is 0. The number of carboxylic acids is 1. The number of halogens is 1. The van der Waals surface area contributed by atoms with Gasteiger partial charge in [-0.1, -0.05) is 30.0 Å². The van der Waals surface area contributed by atoms with Crippen molar-refractivity contribution in [2.75, 3.05) is 19.1 Å². The Kier molecular flexibility index (Phi) is 5.66. The maximum Gasteiger partial charge on any atom is 0.340 e. The Morgan fingerprint density at radius 2 is 1.86 bits per heavy atom. The van der Waals surface area contributed by atoms with Gasteiger partial charge in [0.25, 0.3) is 5.91 Å². The number of thiocarbonyl (C=S) groups is 1. The van der Waals surface area contributed by atoms with Crippen LogP contribution in [0.2, 0.25) is 0 Å². The summed E-state index contributed by atoms with van der Waals surface area (Å²) in [5, 5.41) is 9.62. The third kappa shape index (κ3) is 3.58. The highest BCUT2D eigenvalue weighted by Crippen LogP contribution is 2.39. The van der Waals surface area contributed by atoms with E-state index in [-0.39, 0.29) is 31.9 Å². The molecule has 0 radical (unpaired) electrons. The third-order valence-electron chi connectivity index (χ3n) is 3.96. The van der Waals surface area contributed by atoms with Gasteiger partial charge in [0.05, 0.1) is 24.8 Å². The van der Waals surface area contributed by atoms with Crippen molar-refractivity contribution in [2.45, 2.75) is 0 Å². The number of anilines is 1. The summed E-state index contributed by atoms with van der Waals surface area (Å²) in [5.74, 6) is -1.77. The van der Waals surface area contributed by atoms with Crippen molar-refractivity contribution in [1.82, 2.24) is 0 Å². The van der Waals surface area contributed by atoms with Crippen molar-refractivity contribution in [1.29, 1.82) is 0 Å². The van der Waals surface area contributed by atoms with Crippen molar-refractivity contribution in [2.24, 2.45) is 0 Å². The Morgan fingerprint density at radius 3 is 2.43 bits per heavy atom. The van der Waals surface area contributed by atoms with E-state index in [1.165, 1.54) is 55.5 Å². The average Bonchev–Trinajstić information content (AvgIpc) is 2.95. The van der Waals surface area contributed by atoms with Crippen molar-refractivity contribution < 1.29 is 28.6 Å². The summed E-state index contributed by atoms with van der Waals surface area (Å²) in [6, 6.07) is 8.43. The molecular weight excluding hydrogens is 405 g/mol. The fourth-order valence-corrected chi connectivity index (χ4v) is 3.99. The summed E-state index contributed by atoms with van der Waals surface area (Å²) >= 11 is 6.30. The lowest BCUT2D eigenvalue weighted by Crippen LogP contribution is -2.27. The number of aromatic carboxylic acids is 1. The molecule has 0 saturated carbocycles. The van der Waals surface area contributed by atoms with Crippen LogP contribution in [0.1, 0.15) is 15.9 Å². The van der Waals surface area contributed by atoms with E-state index in [9.17, 15) is 19.1 Å². The van der Waals surface area contributed by atoms with Gasteiger partial charge in [-0.05, 0) is 42.0 Å². The number of ether oxygens (including phenoxy) is 2. The molecule has 0 atom stereocenters. The summed E-state index contributed by atoms with van der Waals surface area (Å²) in [5.41, 5.74) is 0.566. The highest BCUT2D eigenvalue weighted by molar-refractivity contribution is 8.27. The van der Waals surface area contributed by atoms with E-state index >= 15 is 0 Å². The molecule has 0 aliphatic carbocycles. The molecular formula is C19H14FNO5S2. The number of carbonyl (C=O) groups excluding carboxylic acids is 1. The Hall–Kier alpha value is -2.91. The standard InChI is InChI=1S/C19H14FNO5S2/c1-25-13-8-3-10(15(18(23)24)16(13)26-2)9-14-17(22)21(19(27)28-14)12-6-4-11(20)5-7-12/h3-9H,1-2H3,(H,23,24). The Balaban J connectivity index is 2.05. The van der Waals surface area contributed by atoms with Crippen LogP contribution in [0.25, 0.3) is 6.08 Å². The predicted molar refractivity (Wildman–Crippen MR) is 109 cm³/mol. The smallest absolute Gasteiger partial charge is 0.340 e. The summed E-state index contributed by atoms with van der Waals surface area (Å²) in [4.78, 5) is 26.1. The van der Waals surface area contributed by atoms with Crippen LogP contribution >= 0.6 is 24.0 Å². The zero-order chi connectivity index (χ0) is 20.4. The first kappa shape index (κ1) is 19.8. The first-order valence-corrected chi connectivity index (χ1v) is 9.11. The molecule has 28 heavy (non-hydrogen) atoms. The second kappa shape index (κ2) is 7.99. The number of nitrogens with zero attached hydrogens (tertiary/aromatic N) is 1. The van der Waals surface area contributed by atoms with Crippen LogP contribution < -0.4 is 14.4 Å². The molecule has 2 aromatic carbocycles. The topological polar surface area (TPSA) is 76.1 Å². The van der Waals surface area contributed by atoms with E-state index in [0.717, 1.165) is 11.8 Å². The van der Waals surface area contributed by atoms with Crippen molar-refractivity contribution in [3.63, 3.8) is 0 Å². The quantitative estimate of drug-likeness (QED) is 0.581. The molecule has 1 N–H and O–H groups in total. The van der Waals surface area contributed by atoms with E-state index in [1.54, 1.807) is 6.07 Å². The first-order valence-electron chi connectivity index (χ1n) is 7.89. The first-order chi connectivity index (χ1) is 13.4. The van der Waals surface area contributed by atoms with Gasteiger partial charge in [0.1, 0.15) is 11.4 Å². The molecule has 144 valence electrons. The lowest BCUT2D eigenvalue weighted by molar-refractivity contribution is -0.113. The van der Waals surface area contributed by atoms with E-state index in [2.05, 4.69) is 0 Å². The lowest BCUT2D eigenvalue weighted by atomic mass is 10.0. The van der Waals surface area contributed by atoms with Gasteiger partial charge in [-0.2, -0.15) is 0 Å². The summed E-state index contributed by atoms with van der Waals surface area (Å²) < 4.78 is 23.7. The minimum absolute atomic E-state index is 0.0535. The minimum Gasteiger partial charge on any atom is -0.493 e. The number of hydrogen-bond acceptors (Lipinski definition) is 6. The van der Waals surface area contributed by atoms with Gasteiger partial charge in [-0.3, -0.25) is 9.69 Å². The lowest BCUT2D eigenvalue weighted by Gasteiger charge is -2.14. The largest absolute Gasteiger partial charge is 0.493 e. The minimum atomic E-state index is -1.23. The monoisotopic (exact) mass is 419 g/mol. The van der Waals surface area contributed by atoms with Crippen LogP contribution in [-0.2, 0) is 4.79 Å². The molecule has 1 fully saturated rings. The molecule has 0 aromatic heterocycles. The molecule has 1 aliphatic heterocycles. The average molecular weight is 419 g/mol. The number of thioether (sulfide) groups is 1. The van der Waals surface area contributed by atoms with Gasteiger partial charge in [0, 0.05) is 0 Å². The summed E-state index contributed by atoms with van der Waals surface area (Å²) in [7, 11) is 2.74. The molecule has 1 saturated heterocycles. The van der Waals surface area contributed by atoms with Crippen LogP contribution in [-0.4, -0.2) is 35.5 Å². The number of benzene rings is 2. The van der Waals surface area contributed by atoms with Crippen LogP contribution in [0.3, 0.4) is 0 Å². The molecule has 0 spiro atoms. The van der Waals surface area contributed by atoms with E-state index in [0.29, 0.717) is 5.69 Å². The van der Waals surface area contributed by atoms with E-state index in [4.69, 9.17) is 21.7 Å². The molecule has 6 nitrogen and oxygen atoms in total. The van der Waals surface area contributed by atoms with E-state index in [1.807, 2.05) is 0 Å². The van der Waals surface area contributed by atoms with Gasteiger partial charge in [0.15, 0.2) is 15.8 Å². The number of carbonyl (C=O) groups is 2. The van der Waals surface area contributed by atoms with Gasteiger partial charge >= 0.3 is 5.97 Å². The fourth-order valence-electron chi connectivity index (χ4n) is 2.70. The number of amides is 1. The second-order valence-electron chi connectivity index (χ2n) is 5.56. The normalized spacial score (nSPS) is 15.2. The Bertz CT molecular complexity index is 1000. The number of carboxylic acid groups (broad SMARTS) is 1. The summed E-state index contributed by atoms with van der Waals surface area (Å²) in [6.07, 6.45) is 1.44. The van der Waals surface area contributed by atoms with Gasteiger partial charge < -0.3 is 14.6 Å². The molecule has 1 heterocycles. The molecule has 0 unspecified atom stereocenters. The van der Waals surface area contributed by atoms with Crippen LogP contribution in [0.15, 0.2) is 41.3 Å². The maximum absolute atomic E-state index is 13.2. The van der Waals surface area contributed by atoms with Gasteiger partial charge in [0.2, 0.25) is 0 Å². The zero-order valence-electron chi connectivity index (χ0n) is 14.8. The van der Waals surface area contributed by atoms with Gasteiger partial charge in [-0.25, -0.2) is 9.18 Å². The van der Waals surface area contributed by atoms with Crippen molar-refractivity contribution in [3.05, 3.63) is 58.2 Å². The molecule has 2 aromatic rings. The van der Waals surface area contributed by atoms with Crippen molar-refractivity contribution in [3.8, 4) is 11.5 Å². The van der Waals surface area contributed by atoms with Crippen LogP contribution in [0.5, 0.6) is 11.5 Å². The fraction of sp³-hybridized carbons (Fsp3) is 0.105. The van der Waals surface area contributed by atoms with Crippen LogP contribution in [0.4, 0.5) is 10.1 Å². The molecule has 3 rings (SSSR count). The molecule has 0 bridgehead atoms. The predicted octanol–water partition coefficient (Wildman–Crippen LogP) is 3.95. The molecule has 1 aliphatic rings.